The van der Waals surface area contributed by atoms with E-state index >= 15 is 0 Å². The van der Waals surface area contributed by atoms with E-state index in [0.717, 1.165) is 17.7 Å². The summed E-state index contributed by atoms with van der Waals surface area (Å²) in [6.07, 6.45) is -0.681. The van der Waals surface area contributed by atoms with Crippen LogP contribution in [0.4, 0.5) is 0 Å². The normalized spacial score (nSPS) is 20.3. The van der Waals surface area contributed by atoms with Gasteiger partial charge in [-0.25, -0.2) is 0 Å². The molecule has 1 aliphatic heterocycles. The molecular formula is C18H20ClNO3. The first-order chi connectivity index (χ1) is 11.1. The second-order valence-corrected chi connectivity index (χ2v) is 6.22. The molecule has 23 heavy (non-hydrogen) atoms. The van der Waals surface area contributed by atoms with Crippen LogP contribution in [0.25, 0.3) is 0 Å². The molecule has 0 saturated carbocycles. The number of nitrogens with zero attached hydrogens (tertiary/aromatic N) is 1. The molecule has 1 saturated heterocycles. The number of ether oxygens (including phenoxy) is 1. The summed E-state index contributed by atoms with van der Waals surface area (Å²) in [4.78, 5) is 2.17. The maximum absolute atomic E-state index is 10.4. The lowest BCUT2D eigenvalue weighted by Crippen LogP contribution is -2.40. The van der Waals surface area contributed by atoms with Crippen molar-refractivity contribution in [3.8, 4) is 5.75 Å². The standard InChI is InChI=1S/C18H20ClNO3/c19-15-5-1-3-13(9-15)17(22)11-20-7-8-23-18(12-20)14-4-2-6-16(21)10-14/h1-6,9-10,17-18,21-22H,7-8,11-12H2. The first kappa shape index (κ1) is 16.3. The molecule has 5 heteroatoms. The van der Waals surface area contributed by atoms with E-state index in [4.69, 9.17) is 16.3 Å². The van der Waals surface area contributed by atoms with Crippen LogP contribution in [0.1, 0.15) is 23.3 Å². The Kier molecular flexibility index (Phi) is 5.18. The molecular weight excluding hydrogens is 314 g/mol. The Balaban J connectivity index is 1.64. The number of morpholine rings is 1. The summed E-state index contributed by atoms with van der Waals surface area (Å²) in [6.45, 7) is 2.58. The number of phenols is 1. The number of halogens is 1. The molecule has 2 N–H and O–H groups in total. The average molecular weight is 334 g/mol. The van der Waals surface area contributed by atoms with E-state index in [1.54, 1.807) is 24.3 Å². The van der Waals surface area contributed by atoms with Gasteiger partial charge in [0.2, 0.25) is 0 Å². The molecule has 0 aliphatic carbocycles. The van der Waals surface area contributed by atoms with Crippen LogP contribution >= 0.6 is 11.6 Å². The quantitative estimate of drug-likeness (QED) is 0.902. The highest BCUT2D eigenvalue weighted by Crippen LogP contribution is 2.26. The predicted octanol–water partition coefficient (Wildman–Crippen LogP) is 3.15. The zero-order valence-corrected chi connectivity index (χ0v) is 13.5. The Labute approximate surface area is 140 Å². The molecule has 4 nitrogen and oxygen atoms in total. The molecule has 2 aromatic rings. The summed E-state index contributed by atoms with van der Waals surface area (Å²) in [6, 6.07) is 14.4. The predicted molar refractivity (Wildman–Crippen MR) is 89.7 cm³/mol. The van der Waals surface area contributed by atoms with E-state index in [2.05, 4.69) is 4.90 Å². The van der Waals surface area contributed by atoms with Crippen molar-refractivity contribution < 1.29 is 14.9 Å². The van der Waals surface area contributed by atoms with E-state index in [-0.39, 0.29) is 11.9 Å². The Morgan fingerprint density at radius 2 is 2.04 bits per heavy atom. The number of benzene rings is 2. The smallest absolute Gasteiger partial charge is 0.115 e. The fourth-order valence-electron chi connectivity index (χ4n) is 2.86. The lowest BCUT2D eigenvalue weighted by Gasteiger charge is -2.34. The topological polar surface area (TPSA) is 52.9 Å². The number of aromatic hydroxyl groups is 1. The van der Waals surface area contributed by atoms with Gasteiger partial charge in [0.15, 0.2) is 0 Å². The molecule has 0 bridgehead atoms. The van der Waals surface area contributed by atoms with Crippen molar-refractivity contribution in [1.82, 2.24) is 4.90 Å². The van der Waals surface area contributed by atoms with Crippen LogP contribution in [0.5, 0.6) is 5.75 Å². The fourth-order valence-corrected chi connectivity index (χ4v) is 3.06. The van der Waals surface area contributed by atoms with Crippen LogP contribution < -0.4 is 0 Å². The zero-order valence-electron chi connectivity index (χ0n) is 12.7. The molecule has 122 valence electrons. The van der Waals surface area contributed by atoms with Crippen molar-refractivity contribution >= 4 is 11.6 Å². The van der Waals surface area contributed by atoms with Gasteiger partial charge in [-0.05, 0) is 35.4 Å². The van der Waals surface area contributed by atoms with Crippen LogP contribution in [0.2, 0.25) is 5.02 Å². The van der Waals surface area contributed by atoms with Gasteiger partial charge in [0, 0.05) is 24.7 Å². The third kappa shape index (κ3) is 4.24. The minimum Gasteiger partial charge on any atom is -0.508 e. The van der Waals surface area contributed by atoms with Crippen molar-refractivity contribution in [2.24, 2.45) is 0 Å². The van der Waals surface area contributed by atoms with Crippen molar-refractivity contribution in [2.75, 3.05) is 26.2 Å². The highest BCUT2D eigenvalue weighted by Gasteiger charge is 2.24. The molecule has 0 radical (unpaired) electrons. The summed E-state index contributed by atoms with van der Waals surface area (Å²) in [7, 11) is 0. The zero-order chi connectivity index (χ0) is 16.2. The van der Waals surface area contributed by atoms with Crippen LogP contribution in [-0.4, -0.2) is 41.4 Å². The third-order valence-corrected chi connectivity index (χ3v) is 4.29. The van der Waals surface area contributed by atoms with Crippen molar-refractivity contribution in [3.05, 3.63) is 64.7 Å². The fraction of sp³-hybridized carbons (Fsp3) is 0.333. The number of aliphatic hydroxyl groups is 1. The maximum atomic E-state index is 10.4. The van der Waals surface area contributed by atoms with Crippen LogP contribution in [0.3, 0.4) is 0 Å². The second kappa shape index (κ2) is 7.32. The van der Waals surface area contributed by atoms with Gasteiger partial charge in [-0.2, -0.15) is 0 Å². The van der Waals surface area contributed by atoms with E-state index in [1.807, 2.05) is 24.3 Å². The summed E-state index contributed by atoms with van der Waals surface area (Å²) in [5.74, 6) is 0.238. The van der Waals surface area contributed by atoms with Gasteiger partial charge in [0.05, 0.1) is 18.8 Å². The van der Waals surface area contributed by atoms with Crippen LogP contribution in [0.15, 0.2) is 48.5 Å². The molecule has 1 aliphatic rings. The largest absolute Gasteiger partial charge is 0.508 e. The number of β-amino-alcohol motifs (C(OH)–C–C–N with tert-alkyl or cyclic N) is 1. The lowest BCUT2D eigenvalue weighted by molar-refractivity contribution is -0.0424. The highest BCUT2D eigenvalue weighted by molar-refractivity contribution is 6.30. The number of phenolic OH excluding ortho intramolecular Hbond substituents is 1. The molecule has 1 heterocycles. The molecule has 2 aromatic carbocycles. The summed E-state index contributed by atoms with van der Waals surface area (Å²) < 4.78 is 5.80. The minimum absolute atomic E-state index is 0.0950. The number of aliphatic hydroxyl groups excluding tert-OH is 1. The average Bonchev–Trinajstić information content (AvgIpc) is 2.55. The van der Waals surface area contributed by atoms with Gasteiger partial charge in [0.25, 0.3) is 0 Å². The maximum Gasteiger partial charge on any atom is 0.115 e. The number of hydrogen-bond acceptors (Lipinski definition) is 4. The monoisotopic (exact) mass is 333 g/mol. The molecule has 0 aromatic heterocycles. The Bertz CT molecular complexity index is 662. The molecule has 3 rings (SSSR count). The van der Waals surface area contributed by atoms with Crippen molar-refractivity contribution in [3.63, 3.8) is 0 Å². The van der Waals surface area contributed by atoms with Gasteiger partial charge in [0.1, 0.15) is 5.75 Å². The number of rotatable bonds is 4. The van der Waals surface area contributed by atoms with Gasteiger partial charge in [-0.1, -0.05) is 35.9 Å². The molecule has 0 amide bonds. The van der Waals surface area contributed by atoms with Gasteiger partial charge in [-0.3, -0.25) is 4.90 Å². The first-order valence-electron chi connectivity index (χ1n) is 7.68. The first-order valence-corrected chi connectivity index (χ1v) is 8.06. The highest BCUT2D eigenvalue weighted by atomic mass is 35.5. The summed E-state index contributed by atoms with van der Waals surface area (Å²) in [5.41, 5.74) is 1.77. The third-order valence-electron chi connectivity index (χ3n) is 4.06. The SMILES string of the molecule is Oc1cccc(C2CN(CC(O)c3cccc(Cl)c3)CCO2)c1. The number of hydrogen-bond donors (Lipinski definition) is 2. The van der Waals surface area contributed by atoms with Crippen molar-refractivity contribution in [1.29, 1.82) is 0 Å². The van der Waals surface area contributed by atoms with E-state index < -0.39 is 6.10 Å². The molecule has 2 atom stereocenters. The van der Waals surface area contributed by atoms with Crippen molar-refractivity contribution in [2.45, 2.75) is 12.2 Å². The molecule has 0 spiro atoms. The van der Waals surface area contributed by atoms with Gasteiger partial charge < -0.3 is 14.9 Å². The Morgan fingerprint density at radius 3 is 2.83 bits per heavy atom. The minimum atomic E-state index is -0.586. The summed E-state index contributed by atoms with van der Waals surface area (Å²) in [5, 5.41) is 20.7. The van der Waals surface area contributed by atoms with E-state index in [1.165, 1.54) is 0 Å². The van der Waals surface area contributed by atoms with E-state index in [0.29, 0.717) is 24.7 Å². The van der Waals surface area contributed by atoms with E-state index in [9.17, 15) is 10.2 Å². The summed E-state index contributed by atoms with van der Waals surface area (Å²) >= 11 is 5.98. The van der Waals surface area contributed by atoms with Gasteiger partial charge >= 0.3 is 0 Å². The Morgan fingerprint density at radius 1 is 1.22 bits per heavy atom. The van der Waals surface area contributed by atoms with Crippen LogP contribution in [-0.2, 0) is 4.74 Å². The Hall–Kier alpha value is -1.59. The molecule has 2 unspecified atom stereocenters. The lowest BCUT2D eigenvalue weighted by atomic mass is 10.1. The van der Waals surface area contributed by atoms with Gasteiger partial charge in [-0.15, -0.1) is 0 Å². The molecule has 1 fully saturated rings. The van der Waals surface area contributed by atoms with Crippen LogP contribution in [0, 0.1) is 0 Å². The second-order valence-electron chi connectivity index (χ2n) is 5.78.